The maximum atomic E-state index is 10.5. The zero-order valence-corrected chi connectivity index (χ0v) is 9.74. The number of hydrogen-bond acceptors (Lipinski definition) is 3. The molecule has 0 atom stereocenters. The molecule has 0 saturated carbocycles. The normalized spacial score (nSPS) is 10.6. The molecule has 0 spiro atoms. The van der Waals surface area contributed by atoms with Crippen LogP contribution in [0.25, 0.3) is 0 Å². The van der Waals surface area contributed by atoms with Crippen LogP contribution >= 0.6 is 0 Å². The Morgan fingerprint density at radius 3 is 2.12 bits per heavy atom. The molecule has 0 aliphatic carbocycles. The van der Waals surface area contributed by atoms with Crippen LogP contribution in [-0.2, 0) is 9.59 Å². The average molecular weight is 231 g/mol. The van der Waals surface area contributed by atoms with Gasteiger partial charge in [-0.15, -0.1) is 0 Å². The van der Waals surface area contributed by atoms with Gasteiger partial charge >= 0.3 is 11.9 Å². The summed E-state index contributed by atoms with van der Waals surface area (Å²) < 4.78 is 0. The minimum Gasteiger partial charge on any atom is -0.481 e. The van der Waals surface area contributed by atoms with Crippen molar-refractivity contribution in [3.63, 3.8) is 0 Å². The molecule has 0 fully saturated rings. The van der Waals surface area contributed by atoms with E-state index < -0.39 is 17.9 Å². The summed E-state index contributed by atoms with van der Waals surface area (Å²) in [6.45, 7) is 3.73. The Kier molecular flexibility index (Phi) is 8.52. The molecule has 0 aromatic rings. The Bertz CT molecular complexity index is 204. The van der Waals surface area contributed by atoms with Crippen molar-refractivity contribution in [2.24, 2.45) is 5.92 Å². The van der Waals surface area contributed by atoms with E-state index in [1.807, 2.05) is 0 Å². The predicted molar refractivity (Wildman–Crippen MR) is 60.4 cm³/mol. The van der Waals surface area contributed by atoms with E-state index in [0.717, 1.165) is 13.0 Å². The van der Waals surface area contributed by atoms with Gasteiger partial charge in [0, 0.05) is 0 Å². The zero-order valence-electron chi connectivity index (χ0n) is 9.74. The lowest BCUT2D eigenvalue weighted by Crippen LogP contribution is -2.25. The van der Waals surface area contributed by atoms with Crippen LogP contribution in [0.4, 0.5) is 0 Å². The van der Waals surface area contributed by atoms with Crippen LogP contribution in [0.3, 0.4) is 0 Å². The van der Waals surface area contributed by atoms with Crippen molar-refractivity contribution in [3.8, 4) is 0 Å². The largest absolute Gasteiger partial charge is 0.481 e. The van der Waals surface area contributed by atoms with Crippen molar-refractivity contribution in [1.29, 1.82) is 0 Å². The molecule has 0 aromatic carbocycles. The molecule has 16 heavy (non-hydrogen) atoms. The molecule has 0 aliphatic rings. The second kappa shape index (κ2) is 9.15. The molecule has 0 bridgehead atoms. The van der Waals surface area contributed by atoms with E-state index in [2.05, 4.69) is 12.2 Å². The fraction of sp³-hybridized carbons (Fsp3) is 0.818. The molecule has 0 radical (unpaired) electrons. The minimum absolute atomic E-state index is 0.186. The van der Waals surface area contributed by atoms with E-state index in [1.54, 1.807) is 0 Å². The molecule has 0 rings (SSSR count). The predicted octanol–water partition coefficient (Wildman–Crippen LogP) is 1.33. The van der Waals surface area contributed by atoms with Crippen molar-refractivity contribution in [3.05, 3.63) is 0 Å². The molecule has 3 N–H and O–H groups in total. The number of rotatable bonds is 10. The molecule has 5 heteroatoms. The summed E-state index contributed by atoms with van der Waals surface area (Å²) in [6.07, 6.45) is 4.22. The smallest absolute Gasteiger partial charge is 0.317 e. The Hall–Kier alpha value is -1.10. The number of carboxylic acids is 2. The molecule has 0 heterocycles. The van der Waals surface area contributed by atoms with E-state index in [0.29, 0.717) is 13.0 Å². The highest BCUT2D eigenvalue weighted by atomic mass is 16.4. The summed E-state index contributed by atoms with van der Waals surface area (Å²) in [5.74, 6) is -3.77. The van der Waals surface area contributed by atoms with E-state index in [-0.39, 0.29) is 6.42 Å². The summed E-state index contributed by atoms with van der Waals surface area (Å²) in [5.41, 5.74) is 0. The third-order valence-electron chi connectivity index (χ3n) is 2.40. The second-order valence-electron chi connectivity index (χ2n) is 3.83. The summed E-state index contributed by atoms with van der Waals surface area (Å²) in [5, 5.41) is 20.4. The fourth-order valence-electron chi connectivity index (χ4n) is 1.41. The third-order valence-corrected chi connectivity index (χ3v) is 2.40. The maximum Gasteiger partial charge on any atom is 0.317 e. The van der Waals surface area contributed by atoms with Crippen molar-refractivity contribution in [1.82, 2.24) is 5.32 Å². The monoisotopic (exact) mass is 231 g/mol. The Balaban J connectivity index is 3.48. The maximum absolute atomic E-state index is 10.5. The van der Waals surface area contributed by atoms with Crippen LogP contribution in [0.2, 0.25) is 0 Å². The minimum atomic E-state index is -1.27. The van der Waals surface area contributed by atoms with Gasteiger partial charge in [-0.2, -0.15) is 0 Å². The third kappa shape index (κ3) is 7.23. The molecular formula is C11H21NO4. The number of carbonyl (C=O) groups is 2. The van der Waals surface area contributed by atoms with Gasteiger partial charge in [0.05, 0.1) is 0 Å². The topological polar surface area (TPSA) is 86.6 Å². The molecule has 0 unspecified atom stereocenters. The molecule has 94 valence electrons. The van der Waals surface area contributed by atoms with E-state index in [9.17, 15) is 9.59 Å². The van der Waals surface area contributed by atoms with Crippen LogP contribution in [0.15, 0.2) is 0 Å². The Morgan fingerprint density at radius 1 is 1.06 bits per heavy atom. The molecule has 0 aromatic heterocycles. The van der Waals surface area contributed by atoms with Gasteiger partial charge in [0.1, 0.15) is 0 Å². The summed E-state index contributed by atoms with van der Waals surface area (Å²) in [6, 6.07) is 0. The first-order valence-electron chi connectivity index (χ1n) is 5.76. The van der Waals surface area contributed by atoms with E-state index in [1.165, 1.54) is 12.8 Å². The van der Waals surface area contributed by atoms with Gasteiger partial charge in [-0.25, -0.2) is 0 Å². The lowest BCUT2D eigenvalue weighted by atomic mass is 10.0. The lowest BCUT2D eigenvalue weighted by Gasteiger charge is -2.07. The standard InChI is InChI=1S/C11H21NO4/c1-2-3-4-7-12-8-5-6-9(10(13)14)11(15)16/h9,12H,2-8H2,1H3,(H,13,14)(H,15,16). The van der Waals surface area contributed by atoms with Crippen LogP contribution in [0.1, 0.15) is 39.0 Å². The molecule has 0 saturated heterocycles. The van der Waals surface area contributed by atoms with Crippen molar-refractivity contribution in [2.75, 3.05) is 13.1 Å². The molecule has 0 aliphatic heterocycles. The first-order valence-corrected chi connectivity index (χ1v) is 5.76. The first kappa shape index (κ1) is 14.9. The zero-order chi connectivity index (χ0) is 12.4. The number of unbranched alkanes of at least 4 members (excludes halogenated alkanes) is 2. The Morgan fingerprint density at radius 2 is 1.62 bits per heavy atom. The number of aliphatic carboxylic acids is 2. The van der Waals surface area contributed by atoms with Gasteiger partial charge in [0.25, 0.3) is 0 Å². The highest BCUT2D eigenvalue weighted by Crippen LogP contribution is 2.06. The van der Waals surface area contributed by atoms with Crippen molar-refractivity contribution in [2.45, 2.75) is 39.0 Å². The van der Waals surface area contributed by atoms with Gasteiger partial charge in [0.15, 0.2) is 5.92 Å². The summed E-state index contributed by atoms with van der Waals surface area (Å²) in [4.78, 5) is 21.1. The Labute approximate surface area is 95.9 Å². The van der Waals surface area contributed by atoms with E-state index >= 15 is 0 Å². The number of nitrogens with one attached hydrogen (secondary N) is 1. The quantitative estimate of drug-likeness (QED) is 0.390. The second-order valence-corrected chi connectivity index (χ2v) is 3.83. The van der Waals surface area contributed by atoms with Gasteiger partial charge < -0.3 is 15.5 Å². The van der Waals surface area contributed by atoms with E-state index in [4.69, 9.17) is 10.2 Å². The van der Waals surface area contributed by atoms with Gasteiger partial charge in [-0.05, 0) is 32.4 Å². The van der Waals surface area contributed by atoms with Gasteiger partial charge in [0.2, 0.25) is 0 Å². The van der Waals surface area contributed by atoms with Crippen molar-refractivity contribution < 1.29 is 19.8 Å². The fourth-order valence-corrected chi connectivity index (χ4v) is 1.41. The SMILES string of the molecule is CCCCCNCCCC(C(=O)O)C(=O)O. The summed E-state index contributed by atoms with van der Waals surface area (Å²) in [7, 11) is 0. The van der Waals surface area contributed by atoms with Crippen molar-refractivity contribution >= 4 is 11.9 Å². The average Bonchev–Trinajstić information content (AvgIpc) is 2.21. The highest BCUT2D eigenvalue weighted by molar-refractivity contribution is 5.92. The highest BCUT2D eigenvalue weighted by Gasteiger charge is 2.24. The summed E-state index contributed by atoms with van der Waals surface area (Å²) >= 11 is 0. The first-order chi connectivity index (χ1) is 7.59. The van der Waals surface area contributed by atoms with Crippen LogP contribution in [0, 0.1) is 5.92 Å². The number of carboxylic acid groups (broad SMARTS) is 2. The number of hydrogen-bond donors (Lipinski definition) is 3. The molecule has 5 nitrogen and oxygen atoms in total. The van der Waals surface area contributed by atoms with Crippen LogP contribution in [0.5, 0.6) is 0 Å². The molecular weight excluding hydrogens is 210 g/mol. The van der Waals surface area contributed by atoms with Crippen LogP contribution in [-0.4, -0.2) is 35.2 Å². The van der Waals surface area contributed by atoms with Crippen LogP contribution < -0.4 is 5.32 Å². The van der Waals surface area contributed by atoms with Gasteiger partial charge in [-0.1, -0.05) is 19.8 Å². The molecule has 0 amide bonds. The van der Waals surface area contributed by atoms with Gasteiger partial charge in [-0.3, -0.25) is 9.59 Å². The lowest BCUT2D eigenvalue weighted by molar-refractivity contribution is -0.154.